The van der Waals surface area contributed by atoms with E-state index in [9.17, 15) is 4.79 Å². The van der Waals surface area contributed by atoms with Gasteiger partial charge in [0.25, 0.3) is 0 Å². The van der Waals surface area contributed by atoms with Crippen molar-refractivity contribution >= 4 is 17.9 Å². The van der Waals surface area contributed by atoms with E-state index in [1.165, 1.54) is 0 Å². The molecule has 1 aromatic carbocycles. The lowest BCUT2D eigenvalue weighted by atomic mass is 9.88. The number of methoxy groups -OCH3 is 2. The summed E-state index contributed by atoms with van der Waals surface area (Å²) < 4.78 is 10.5. The third-order valence-corrected chi connectivity index (χ3v) is 2.60. The molecule has 16 heavy (non-hydrogen) atoms. The molecule has 0 aliphatic heterocycles. The molecule has 84 valence electrons. The highest BCUT2D eigenvalue weighted by molar-refractivity contribution is 6.04. The summed E-state index contributed by atoms with van der Waals surface area (Å²) >= 11 is 0. The van der Waals surface area contributed by atoms with Gasteiger partial charge in [0, 0.05) is 5.56 Å². The molecule has 0 spiro atoms. The number of amides is 1. The second-order valence-electron chi connectivity index (χ2n) is 3.56. The number of ether oxygens (including phenoxy) is 2. The minimum absolute atomic E-state index is 0.645. The molecule has 0 unspecified atom stereocenters. The summed E-state index contributed by atoms with van der Waals surface area (Å²) in [5.74, 6) is 1.43. The van der Waals surface area contributed by atoms with Crippen LogP contribution in [-0.4, -0.2) is 20.6 Å². The van der Waals surface area contributed by atoms with Crippen LogP contribution in [0.15, 0.2) is 12.1 Å². The van der Waals surface area contributed by atoms with Crippen LogP contribution in [0, 0.1) is 6.92 Å². The maximum absolute atomic E-state index is 10.5. The fraction of sp³-hybridized carbons (Fsp3) is 0.250. The number of hydrogen-bond acceptors (Lipinski definition) is 3. The Balaban J connectivity index is 2.53. The van der Waals surface area contributed by atoms with Gasteiger partial charge in [-0.25, -0.2) is 0 Å². The van der Waals surface area contributed by atoms with Gasteiger partial charge in [-0.15, -0.1) is 0 Å². The van der Waals surface area contributed by atoms with Gasteiger partial charge < -0.3 is 14.8 Å². The van der Waals surface area contributed by atoms with E-state index in [1.807, 2.05) is 19.1 Å². The number of fused-ring (bicyclic) bond motifs is 1. The summed E-state index contributed by atoms with van der Waals surface area (Å²) in [7, 11) is 3.19. The molecule has 1 aromatic rings. The highest BCUT2D eigenvalue weighted by atomic mass is 16.5. The Bertz CT molecular complexity index is 477. The van der Waals surface area contributed by atoms with E-state index in [0.717, 1.165) is 28.1 Å². The molecule has 0 aromatic heterocycles. The SMILES string of the molecule is COC1=C(NC=O)c2cc(C)cc(OC)c21. The fourth-order valence-electron chi connectivity index (χ4n) is 1.94. The van der Waals surface area contributed by atoms with Crippen LogP contribution >= 0.6 is 0 Å². The summed E-state index contributed by atoms with van der Waals surface area (Å²) in [5.41, 5.74) is 3.67. The lowest BCUT2D eigenvalue weighted by Gasteiger charge is -2.27. The summed E-state index contributed by atoms with van der Waals surface area (Å²) in [6.07, 6.45) is 0.645. The highest BCUT2D eigenvalue weighted by Crippen LogP contribution is 2.44. The maximum Gasteiger partial charge on any atom is 0.211 e. The predicted molar refractivity (Wildman–Crippen MR) is 60.8 cm³/mol. The van der Waals surface area contributed by atoms with E-state index in [4.69, 9.17) is 9.47 Å². The minimum atomic E-state index is 0.645. The Morgan fingerprint density at radius 1 is 1.25 bits per heavy atom. The first-order valence-electron chi connectivity index (χ1n) is 4.90. The Kier molecular flexibility index (Phi) is 2.56. The van der Waals surface area contributed by atoms with Gasteiger partial charge in [0.05, 0.1) is 25.5 Å². The van der Waals surface area contributed by atoms with Crippen molar-refractivity contribution in [1.82, 2.24) is 5.32 Å². The lowest BCUT2D eigenvalue weighted by Crippen LogP contribution is -2.21. The van der Waals surface area contributed by atoms with E-state index in [0.29, 0.717) is 12.2 Å². The molecule has 4 heteroatoms. The Hall–Kier alpha value is -1.97. The van der Waals surface area contributed by atoms with Gasteiger partial charge in [0.2, 0.25) is 6.41 Å². The van der Waals surface area contributed by atoms with Crippen molar-refractivity contribution in [3.8, 4) is 5.75 Å². The smallest absolute Gasteiger partial charge is 0.211 e. The molecule has 1 amide bonds. The van der Waals surface area contributed by atoms with Crippen LogP contribution in [0.1, 0.15) is 16.7 Å². The molecule has 0 saturated heterocycles. The van der Waals surface area contributed by atoms with Crippen LogP contribution < -0.4 is 10.1 Å². The van der Waals surface area contributed by atoms with Crippen molar-refractivity contribution in [2.24, 2.45) is 0 Å². The summed E-state index contributed by atoms with van der Waals surface area (Å²) in [6, 6.07) is 3.93. The number of hydrogen-bond donors (Lipinski definition) is 1. The molecule has 1 aliphatic rings. The Morgan fingerprint density at radius 2 is 2.00 bits per heavy atom. The number of carbonyl (C=O) groups excluding carboxylic acids is 1. The van der Waals surface area contributed by atoms with Crippen molar-refractivity contribution in [1.29, 1.82) is 0 Å². The van der Waals surface area contributed by atoms with Gasteiger partial charge >= 0.3 is 0 Å². The lowest BCUT2D eigenvalue weighted by molar-refractivity contribution is -0.108. The minimum Gasteiger partial charge on any atom is -0.496 e. The summed E-state index contributed by atoms with van der Waals surface area (Å²) in [6.45, 7) is 1.98. The number of benzene rings is 1. The fourth-order valence-corrected chi connectivity index (χ4v) is 1.94. The van der Waals surface area contributed by atoms with Crippen LogP contribution in [0.3, 0.4) is 0 Å². The average Bonchev–Trinajstić information content (AvgIpc) is 2.28. The van der Waals surface area contributed by atoms with Crippen LogP contribution in [0.4, 0.5) is 0 Å². The van der Waals surface area contributed by atoms with Crippen LogP contribution in [0.25, 0.3) is 11.5 Å². The molecular formula is C12H13NO3. The molecule has 1 aliphatic carbocycles. The van der Waals surface area contributed by atoms with E-state index < -0.39 is 0 Å². The second kappa shape index (κ2) is 3.89. The first-order chi connectivity index (χ1) is 7.72. The van der Waals surface area contributed by atoms with Gasteiger partial charge in [-0.2, -0.15) is 0 Å². The van der Waals surface area contributed by atoms with Crippen molar-refractivity contribution in [3.05, 3.63) is 28.8 Å². The third kappa shape index (κ3) is 1.34. The van der Waals surface area contributed by atoms with Gasteiger partial charge in [-0.05, 0) is 24.6 Å². The predicted octanol–water partition coefficient (Wildman–Crippen LogP) is 1.54. The van der Waals surface area contributed by atoms with Crippen molar-refractivity contribution in [2.75, 3.05) is 14.2 Å². The topological polar surface area (TPSA) is 47.6 Å². The molecule has 4 nitrogen and oxygen atoms in total. The van der Waals surface area contributed by atoms with Crippen LogP contribution in [0.5, 0.6) is 5.75 Å². The van der Waals surface area contributed by atoms with Crippen LogP contribution in [0.2, 0.25) is 0 Å². The van der Waals surface area contributed by atoms with Gasteiger partial charge in [-0.3, -0.25) is 4.79 Å². The number of carbonyl (C=O) groups is 1. The Labute approximate surface area is 93.9 Å². The summed E-state index contributed by atoms with van der Waals surface area (Å²) in [4.78, 5) is 10.5. The standard InChI is InChI=1S/C12H13NO3/c1-7-4-8-10(9(5-7)15-2)12(16-3)11(8)13-6-14/h4-6H,1-3H3,(H,13,14). The second-order valence-corrected chi connectivity index (χ2v) is 3.56. The molecule has 0 fully saturated rings. The first kappa shape index (κ1) is 10.5. The first-order valence-corrected chi connectivity index (χ1v) is 4.90. The monoisotopic (exact) mass is 219 g/mol. The largest absolute Gasteiger partial charge is 0.496 e. The van der Waals surface area contributed by atoms with Gasteiger partial charge in [0.1, 0.15) is 5.75 Å². The number of rotatable bonds is 4. The molecular weight excluding hydrogens is 206 g/mol. The van der Waals surface area contributed by atoms with Gasteiger partial charge in [0.15, 0.2) is 5.76 Å². The van der Waals surface area contributed by atoms with E-state index in [1.54, 1.807) is 14.2 Å². The van der Waals surface area contributed by atoms with Crippen LogP contribution in [-0.2, 0) is 9.53 Å². The highest BCUT2D eigenvalue weighted by Gasteiger charge is 2.31. The Morgan fingerprint density at radius 3 is 2.56 bits per heavy atom. The third-order valence-electron chi connectivity index (χ3n) is 2.60. The molecule has 2 rings (SSSR count). The van der Waals surface area contributed by atoms with Crippen molar-refractivity contribution in [3.63, 3.8) is 0 Å². The molecule has 0 atom stereocenters. The molecule has 1 N–H and O–H groups in total. The van der Waals surface area contributed by atoms with Gasteiger partial charge in [-0.1, -0.05) is 0 Å². The number of aryl methyl sites for hydroxylation is 1. The quantitative estimate of drug-likeness (QED) is 0.781. The normalized spacial score (nSPS) is 12.7. The van der Waals surface area contributed by atoms with E-state index in [2.05, 4.69) is 5.32 Å². The average molecular weight is 219 g/mol. The maximum atomic E-state index is 10.5. The van der Waals surface area contributed by atoms with Crippen molar-refractivity contribution < 1.29 is 14.3 Å². The molecule has 0 heterocycles. The molecule has 0 radical (unpaired) electrons. The zero-order valence-corrected chi connectivity index (χ0v) is 9.46. The van der Waals surface area contributed by atoms with E-state index in [-0.39, 0.29) is 0 Å². The molecule has 0 bridgehead atoms. The zero-order valence-electron chi connectivity index (χ0n) is 9.46. The van der Waals surface area contributed by atoms with Crippen molar-refractivity contribution in [2.45, 2.75) is 6.92 Å². The zero-order chi connectivity index (χ0) is 11.7. The number of nitrogens with one attached hydrogen (secondary N) is 1. The summed E-state index contributed by atoms with van der Waals surface area (Å²) in [5, 5.41) is 2.64. The molecule has 0 saturated carbocycles. The van der Waals surface area contributed by atoms with E-state index >= 15 is 0 Å².